The number of carbonyl (C=O) groups excluding carboxylic acids is 1. The van der Waals surface area contributed by atoms with Gasteiger partial charge in [-0.05, 0) is 31.0 Å². The van der Waals surface area contributed by atoms with Crippen molar-refractivity contribution in [2.75, 3.05) is 0 Å². The van der Waals surface area contributed by atoms with Crippen molar-refractivity contribution in [2.45, 2.75) is 19.4 Å². The van der Waals surface area contributed by atoms with Crippen LogP contribution in [0.5, 0.6) is 0 Å². The maximum atomic E-state index is 11.8. The second kappa shape index (κ2) is 4.98. The van der Waals surface area contributed by atoms with Crippen LogP contribution in [0.4, 0.5) is 0 Å². The average molecular weight is 268 g/mol. The molecule has 3 atom stereocenters. The van der Waals surface area contributed by atoms with Crippen LogP contribution in [0.15, 0.2) is 24.3 Å². The van der Waals surface area contributed by atoms with Gasteiger partial charge < -0.3 is 10.4 Å². The third kappa shape index (κ3) is 2.82. The largest absolute Gasteiger partial charge is 0.481 e. The number of hydrogen-bond donors (Lipinski definition) is 2. The zero-order valence-corrected chi connectivity index (χ0v) is 10.6. The number of rotatable bonds is 4. The van der Waals surface area contributed by atoms with Gasteiger partial charge in [-0.15, -0.1) is 0 Å². The maximum Gasteiger partial charge on any atom is 0.307 e. The lowest BCUT2D eigenvalue weighted by atomic mass is 10.1. The minimum absolute atomic E-state index is 0.148. The van der Waals surface area contributed by atoms with Gasteiger partial charge in [-0.1, -0.05) is 23.7 Å². The molecule has 18 heavy (non-hydrogen) atoms. The molecule has 2 N–H and O–H groups in total. The van der Waals surface area contributed by atoms with Crippen LogP contribution in [-0.4, -0.2) is 17.0 Å². The van der Waals surface area contributed by atoms with Crippen LogP contribution in [0.3, 0.4) is 0 Å². The number of hydrogen-bond acceptors (Lipinski definition) is 2. The third-order valence-corrected chi connectivity index (χ3v) is 3.43. The molecule has 1 aromatic carbocycles. The molecule has 1 aliphatic carbocycles. The van der Waals surface area contributed by atoms with Crippen molar-refractivity contribution in [3.8, 4) is 0 Å². The van der Waals surface area contributed by atoms with Crippen molar-refractivity contribution in [3.63, 3.8) is 0 Å². The first-order valence-corrected chi connectivity index (χ1v) is 6.15. The van der Waals surface area contributed by atoms with E-state index in [-0.39, 0.29) is 17.9 Å². The minimum atomic E-state index is -0.894. The van der Waals surface area contributed by atoms with E-state index < -0.39 is 11.9 Å². The van der Waals surface area contributed by atoms with Crippen LogP contribution in [0, 0.1) is 11.8 Å². The fourth-order valence-electron chi connectivity index (χ4n) is 1.91. The summed E-state index contributed by atoms with van der Waals surface area (Å²) in [5.41, 5.74) is 0.945. The SMILES string of the molecule is C[C@H](NC(=O)[C@H]1C[C@H]1C(=O)O)c1ccc(Cl)cc1. The molecule has 0 heterocycles. The first kappa shape index (κ1) is 12.9. The van der Waals surface area contributed by atoms with Crippen molar-refractivity contribution in [1.82, 2.24) is 5.32 Å². The van der Waals surface area contributed by atoms with Crippen molar-refractivity contribution in [2.24, 2.45) is 11.8 Å². The van der Waals surface area contributed by atoms with E-state index in [2.05, 4.69) is 5.32 Å². The highest BCUT2D eigenvalue weighted by Gasteiger charge is 2.48. The number of benzene rings is 1. The van der Waals surface area contributed by atoms with E-state index in [4.69, 9.17) is 16.7 Å². The lowest BCUT2D eigenvalue weighted by molar-refractivity contribution is -0.140. The van der Waals surface area contributed by atoms with Gasteiger partial charge in [0.1, 0.15) is 0 Å². The fraction of sp³-hybridized carbons (Fsp3) is 0.385. The van der Waals surface area contributed by atoms with Gasteiger partial charge >= 0.3 is 5.97 Å². The molecule has 96 valence electrons. The summed E-state index contributed by atoms with van der Waals surface area (Å²) in [6, 6.07) is 7.06. The van der Waals surface area contributed by atoms with Crippen LogP contribution >= 0.6 is 11.6 Å². The Bertz CT molecular complexity index is 472. The molecular formula is C13H14ClNO3. The molecule has 0 aromatic heterocycles. The van der Waals surface area contributed by atoms with Gasteiger partial charge in [0.15, 0.2) is 0 Å². The number of carbonyl (C=O) groups is 2. The van der Waals surface area contributed by atoms with Gasteiger partial charge in [-0.25, -0.2) is 0 Å². The molecule has 1 aromatic rings. The summed E-state index contributed by atoms with van der Waals surface area (Å²) < 4.78 is 0. The van der Waals surface area contributed by atoms with Crippen molar-refractivity contribution in [1.29, 1.82) is 0 Å². The summed E-state index contributed by atoms with van der Waals surface area (Å²) in [6.45, 7) is 1.86. The summed E-state index contributed by atoms with van der Waals surface area (Å²) in [6.07, 6.45) is 0.439. The second-order valence-electron chi connectivity index (χ2n) is 4.57. The number of aliphatic carboxylic acids is 1. The van der Waals surface area contributed by atoms with Crippen molar-refractivity contribution in [3.05, 3.63) is 34.9 Å². The summed E-state index contributed by atoms with van der Waals surface area (Å²) in [5.74, 6) is -1.97. The summed E-state index contributed by atoms with van der Waals surface area (Å²) in [7, 11) is 0. The highest BCUT2D eigenvalue weighted by Crippen LogP contribution is 2.39. The predicted octanol–water partition coefficient (Wildman–Crippen LogP) is 2.24. The maximum absolute atomic E-state index is 11.8. The molecule has 1 fully saturated rings. The lowest BCUT2D eigenvalue weighted by Gasteiger charge is -2.14. The second-order valence-corrected chi connectivity index (χ2v) is 5.01. The molecule has 0 spiro atoms. The first-order chi connectivity index (χ1) is 8.49. The standard InChI is InChI=1S/C13H14ClNO3/c1-7(8-2-4-9(14)5-3-8)15-12(16)10-6-11(10)13(17)18/h2-5,7,10-11H,6H2,1H3,(H,15,16)(H,17,18)/t7-,10-,11+/m0/s1. The molecule has 1 saturated carbocycles. The molecule has 5 heteroatoms. The van der Waals surface area contributed by atoms with E-state index in [9.17, 15) is 9.59 Å². The predicted molar refractivity (Wildman–Crippen MR) is 67.2 cm³/mol. The summed E-state index contributed by atoms with van der Waals surface area (Å²) in [5, 5.41) is 12.2. The molecule has 2 rings (SSSR count). The van der Waals surface area contributed by atoms with Crippen LogP contribution in [0.2, 0.25) is 5.02 Å². The zero-order chi connectivity index (χ0) is 13.3. The van der Waals surface area contributed by atoms with Gasteiger partial charge in [0, 0.05) is 5.02 Å². The van der Waals surface area contributed by atoms with Gasteiger partial charge in [0.25, 0.3) is 0 Å². The fourth-order valence-corrected chi connectivity index (χ4v) is 2.04. The Morgan fingerprint density at radius 3 is 2.44 bits per heavy atom. The van der Waals surface area contributed by atoms with E-state index in [1.165, 1.54) is 0 Å². The number of halogens is 1. The molecule has 1 aliphatic rings. The van der Waals surface area contributed by atoms with E-state index in [1.807, 2.05) is 19.1 Å². The van der Waals surface area contributed by atoms with Crippen LogP contribution in [0.25, 0.3) is 0 Å². The molecular weight excluding hydrogens is 254 g/mol. The topological polar surface area (TPSA) is 66.4 Å². The van der Waals surface area contributed by atoms with Gasteiger partial charge in [-0.2, -0.15) is 0 Å². The Kier molecular flexibility index (Phi) is 3.57. The Morgan fingerprint density at radius 1 is 1.33 bits per heavy atom. The normalized spacial score (nSPS) is 23.2. The lowest BCUT2D eigenvalue weighted by Crippen LogP contribution is -2.29. The zero-order valence-electron chi connectivity index (χ0n) is 9.89. The van der Waals surface area contributed by atoms with E-state index in [0.717, 1.165) is 5.56 Å². The van der Waals surface area contributed by atoms with Gasteiger partial charge in [0.2, 0.25) is 5.91 Å². The summed E-state index contributed by atoms with van der Waals surface area (Å²) in [4.78, 5) is 22.4. The van der Waals surface area contributed by atoms with Crippen LogP contribution in [-0.2, 0) is 9.59 Å². The van der Waals surface area contributed by atoms with E-state index in [1.54, 1.807) is 12.1 Å². The van der Waals surface area contributed by atoms with Gasteiger partial charge in [0.05, 0.1) is 17.9 Å². The highest BCUT2D eigenvalue weighted by molar-refractivity contribution is 6.30. The smallest absolute Gasteiger partial charge is 0.307 e. The van der Waals surface area contributed by atoms with Crippen LogP contribution < -0.4 is 5.32 Å². The molecule has 0 unspecified atom stereocenters. The number of amides is 1. The molecule has 0 saturated heterocycles. The monoisotopic (exact) mass is 267 g/mol. The Hall–Kier alpha value is -1.55. The molecule has 0 bridgehead atoms. The summed E-state index contributed by atoms with van der Waals surface area (Å²) >= 11 is 5.78. The van der Waals surface area contributed by atoms with E-state index >= 15 is 0 Å². The molecule has 0 aliphatic heterocycles. The van der Waals surface area contributed by atoms with Crippen LogP contribution in [0.1, 0.15) is 24.9 Å². The number of carboxylic acid groups (broad SMARTS) is 1. The minimum Gasteiger partial charge on any atom is -0.481 e. The average Bonchev–Trinajstić information content (AvgIpc) is 3.09. The Morgan fingerprint density at radius 2 is 1.94 bits per heavy atom. The number of carboxylic acids is 1. The van der Waals surface area contributed by atoms with E-state index in [0.29, 0.717) is 11.4 Å². The van der Waals surface area contributed by atoms with Crippen molar-refractivity contribution >= 4 is 23.5 Å². The molecule has 4 nitrogen and oxygen atoms in total. The first-order valence-electron chi connectivity index (χ1n) is 5.77. The van der Waals surface area contributed by atoms with Gasteiger partial charge in [-0.3, -0.25) is 9.59 Å². The molecule has 0 radical (unpaired) electrons. The highest BCUT2D eigenvalue weighted by atomic mass is 35.5. The quantitative estimate of drug-likeness (QED) is 0.879. The van der Waals surface area contributed by atoms with Crippen molar-refractivity contribution < 1.29 is 14.7 Å². The Labute approximate surface area is 110 Å². The molecule has 1 amide bonds. The third-order valence-electron chi connectivity index (χ3n) is 3.17. The number of nitrogens with one attached hydrogen (secondary N) is 1. The Balaban J connectivity index is 1.92.